The number of piperazine rings is 1. The topological polar surface area (TPSA) is 97.0 Å². The number of thiocarbonyl (C=S) groups is 1. The fourth-order valence-electron chi connectivity index (χ4n) is 4.24. The van der Waals surface area contributed by atoms with Gasteiger partial charge >= 0.3 is 5.97 Å². The summed E-state index contributed by atoms with van der Waals surface area (Å²) in [5.74, 6) is -0.874. The molecule has 0 saturated carbocycles. The highest BCUT2D eigenvalue weighted by molar-refractivity contribution is 7.80. The van der Waals surface area contributed by atoms with Crippen LogP contribution in [0.1, 0.15) is 27.9 Å². The van der Waals surface area contributed by atoms with Crippen LogP contribution in [0.3, 0.4) is 0 Å². The number of para-hydroxylation sites is 1. The van der Waals surface area contributed by atoms with E-state index in [0.717, 1.165) is 11.1 Å². The number of benzene rings is 3. The summed E-state index contributed by atoms with van der Waals surface area (Å²) in [5, 5.41) is 5.53. The van der Waals surface area contributed by atoms with Crippen molar-refractivity contribution in [1.82, 2.24) is 15.5 Å². The molecule has 0 spiro atoms. The predicted octanol–water partition coefficient (Wildman–Crippen LogP) is 3.30. The average molecular weight is 546 g/mol. The Hall–Kier alpha value is -4.24. The molecular formula is C30H31N3O5S. The quantitative estimate of drug-likeness (QED) is 0.298. The van der Waals surface area contributed by atoms with E-state index in [4.69, 9.17) is 21.7 Å². The Balaban J connectivity index is 1.33. The molecule has 1 aliphatic rings. The Kier molecular flexibility index (Phi) is 10.0. The lowest BCUT2D eigenvalue weighted by atomic mass is 10.1. The number of nitrogens with one attached hydrogen (secondary N) is 2. The van der Waals surface area contributed by atoms with E-state index < -0.39 is 17.9 Å². The van der Waals surface area contributed by atoms with Crippen molar-refractivity contribution in [2.24, 2.45) is 0 Å². The number of carbonyl (C=O) groups is 3. The Morgan fingerprint density at radius 1 is 0.897 bits per heavy atom. The second kappa shape index (κ2) is 14.1. The summed E-state index contributed by atoms with van der Waals surface area (Å²) in [6.45, 7) is 1.30. The Bertz CT molecular complexity index is 1290. The molecule has 1 atom stereocenters. The standard InChI is InChI=1S/C30H31N3O5S/c34-27(38-20-16-23-11-5-2-6-12-23)21-25-29(36)31-17-18-33(25)30(39)32-28(35)24-13-7-8-14-26(24)37-19-15-22-9-3-1-4-10-22/h1-14,25H,15-21H2,(H,31,36)(H,32,35,39). The molecule has 4 rings (SSSR count). The predicted molar refractivity (Wildman–Crippen MR) is 151 cm³/mol. The molecule has 8 nitrogen and oxygen atoms in total. The van der Waals surface area contributed by atoms with Crippen LogP contribution in [-0.4, -0.2) is 60.1 Å². The number of hydrogen-bond acceptors (Lipinski definition) is 6. The third kappa shape index (κ3) is 8.12. The zero-order valence-electron chi connectivity index (χ0n) is 21.5. The van der Waals surface area contributed by atoms with Gasteiger partial charge in [-0.05, 0) is 35.5 Å². The first-order valence-electron chi connectivity index (χ1n) is 12.9. The van der Waals surface area contributed by atoms with Crippen molar-refractivity contribution in [2.45, 2.75) is 25.3 Å². The van der Waals surface area contributed by atoms with Gasteiger partial charge in [-0.3, -0.25) is 19.7 Å². The fraction of sp³-hybridized carbons (Fsp3) is 0.267. The molecule has 1 unspecified atom stereocenters. The first-order chi connectivity index (χ1) is 19.0. The maximum absolute atomic E-state index is 13.1. The molecule has 2 amide bonds. The maximum Gasteiger partial charge on any atom is 0.308 e. The summed E-state index contributed by atoms with van der Waals surface area (Å²) in [6.07, 6.45) is 1.09. The van der Waals surface area contributed by atoms with Crippen LogP contribution < -0.4 is 15.4 Å². The van der Waals surface area contributed by atoms with Crippen LogP contribution in [0.25, 0.3) is 0 Å². The van der Waals surface area contributed by atoms with Gasteiger partial charge in [0.25, 0.3) is 5.91 Å². The number of amides is 2. The van der Waals surface area contributed by atoms with Gasteiger partial charge in [-0.25, -0.2) is 0 Å². The van der Waals surface area contributed by atoms with E-state index in [9.17, 15) is 14.4 Å². The Labute approximate surface area is 233 Å². The summed E-state index contributed by atoms with van der Waals surface area (Å²) in [6, 6.07) is 25.6. The molecule has 9 heteroatoms. The second-order valence-corrected chi connectivity index (χ2v) is 9.39. The molecule has 39 heavy (non-hydrogen) atoms. The van der Waals surface area contributed by atoms with Gasteiger partial charge in [0.2, 0.25) is 5.91 Å². The molecule has 0 aromatic heterocycles. The zero-order chi connectivity index (χ0) is 27.5. The Morgan fingerprint density at radius 2 is 1.51 bits per heavy atom. The van der Waals surface area contributed by atoms with Crippen molar-refractivity contribution in [3.05, 3.63) is 102 Å². The minimum absolute atomic E-state index is 0.0658. The first-order valence-corrected chi connectivity index (χ1v) is 13.3. The summed E-state index contributed by atoms with van der Waals surface area (Å²) in [7, 11) is 0. The van der Waals surface area contributed by atoms with Gasteiger partial charge in [-0.2, -0.15) is 0 Å². The molecule has 1 aliphatic heterocycles. The van der Waals surface area contributed by atoms with Crippen LogP contribution in [-0.2, 0) is 27.2 Å². The van der Waals surface area contributed by atoms with E-state index in [2.05, 4.69) is 10.6 Å². The third-order valence-corrected chi connectivity index (χ3v) is 6.63. The van der Waals surface area contributed by atoms with Gasteiger partial charge in [-0.1, -0.05) is 72.8 Å². The average Bonchev–Trinajstić information content (AvgIpc) is 2.95. The van der Waals surface area contributed by atoms with Crippen molar-refractivity contribution >= 4 is 35.1 Å². The van der Waals surface area contributed by atoms with Gasteiger partial charge in [0, 0.05) is 25.9 Å². The molecule has 1 fully saturated rings. The zero-order valence-corrected chi connectivity index (χ0v) is 22.3. The highest BCUT2D eigenvalue weighted by Gasteiger charge is 2.34. The molecule has 3 aromatic carbocycles. The van der Waals surface area contributed by atoms with E-state index in [0.29, 0.717) is 43.9 Å². The van der Waals surface area contributed by atoms with Crippen molar-refractivity contribution in [1.29, 1.82) is 0 Å². The van der Waals surface area contributed by atoms with Crippen LogP contribution in [0.4, 0.5) is 0 Å². The maximum atomic E-state index is 13.1. The van der Waals surface area contributed by atoms with Crippen molar-refractivity contribution in [2.75, 3.05) is 26.3 Å². The molecule has 0 radical (unpaired) electrons. The highest BCUT2D eigenvalue weighted by atomic mass is 32.1. The number of nitrogens with zero attached hydrogens (tertiary/aromatic N) is 1. The van der Waals surface area contributed by atoms with Crippen molar-refractivity contribution < 1.29 is 23.9 Å². The van der Waals surface area contributed by atoms with Crippen LogP contribution >= 0.6 is 12.2 Å². The van der Waals surface area contributed by atoms with E-state index in [1.165, 1.54) is 0 Å². The van der Waals surface area contributed by atoms with Gasteiger partial charge in [0.15, 0.2) is 5.11 Å². The monoisotopic (exact) mass is 545 g/mol. The summed E-state index contributed by atoms with van der Waals surface area (Å²) in [4.78, 5) is 39.9. The normalized spacial score (nSPS) is 14.7. The second-order valence-electron chi connectivity index (χ2n) is 9.00. The van der Waals surface area contributed by atoms with Crippen molar-refractivity contribution in [3.63, 3.8) is 0 Å². The van der Waals surface area contributed by atoms with Crippen LogP contribution in [0, 0.1) is 0 Å². The van der Waals surface area contributed by atoms with Gasteiger partial charge in [0.1, 0.15) is 11.8 Å². The third-order valence-electron chi connectivity index (χ3n) is 6.29. The van der Waals surface area contributed by atoms with Crippen LogP contribution in [0.5, 0.6) is 5.75 Å². The van der Waals surface area contributed by atoms with E-state index >= 15 is 0 Å². The minimum atomic E-state index is -0.881. The lowest BCUT2D eigenvalue weighted by Gasteiger charge is -2.36. The van der Waals surface area contributed by atoms with Gasteiger partial charge in [0.05, 0.1) is 25.2 Å². The lowest BCUT2D eigenvalue weighted by molar-refractivity contribution is -0.147. The smallest absolute Gasteiger partial charge is 0.308 e. The number of rotatable bonds is 10. The molecule has 0 aliphatic carbocycles. The largest absolute Gasteiger partial charge is 0.492 e. The number of carbonyl (C=O) groups excluding carboxylic acids is 3. The molecule has 202 valence electrons. The Morgan fingerprint density at radius 3 is 2.21 bits per heavy atom. The molecule has 0 bridgehead atoms. The fourth-order valence-corrected chi connectivity index (χ4v) is 4.56. The molecule has 1 saturated heterocycles. The van der Waals surface area contributed by atoms with Gasteiger partial charge in [-0.15, -0.1) is 0 Å². The summed E-state index contributed by atoms with van der Waals surface area (Å²) in [5.41, 5.74) is 2.51. The SMILES string of the molecule is O=C(CC1C(=O)NCCN1C(=S)NC(=O)c1ccccc1OCCc1ccccc1)OCCc1ccccc1. The number of hydrogen-bond donors (Lipinski definition) is 2. The van der Waals surface area contributed by atoms with Crippen LogP contribution in [0.15, 0.2) is 84.9 Å². The first kappa shape index (κ1) is 27.8. The molecule has 1 heterocycles. The molecular weight excluding hydrogens is 514 g/mol. The summed E-state index contributed by atoms with van der Waals surface area (Å²) < 4.78 is 11.3. The lowest BCUT2D eigenvalue weighted by Crippen LogP contribution is -2.60. The van der Waals surface area contributed by atoms with Crippen LogP contribution in [0.2, 0.25) is 0 Å². The van der Waals surface area contributed by atoms with Crippen molar-refractivity contribution in [3.8, 4) is 5.75 Å². The highest BCUT2D eigenvalue weighted by Crippen LogP contribution is 2.19. The van der Waals surface area contributed by atoms with E-state index in [1.807, 2.05) is 60.7 Å². The molecule has 2 N–H and O–H groups in total. The minimum Gasteiger partial charge on any atom is -0.492 e. The summed E-state index contributed by atoms with van der Waals surface area (Å²) >= 11 is 5.50. The van der Waals surface area contributed by atoms with Gasteiger partial charge < -0.3 is 19.7 Å². The number of esters is 1. The number of ether oxygens (including phenoxy) is 2. The molecule has 3 aromatic rings. The van der Waals surface area contributed by atoms with E-state index in [-0.39, 0.29) is 24.0 Å². The van der Waals surface area contributed by atoms with E-state index in [1.54, 1.807) is 29.2 Å².